The number of aliphatic hydroxyl groups excluding tert-OH is 1. The number of urea groups is 1. The summed E-state index contributed by atoms with van der Waals surface area (Å²) in [6, 6.07) is -0.430. The highest BCUT2D eigenvalue weighted by Gasteiger charge is 2.47. The Hall–Kier alpha value is -1.30. The molecule has 3 unspecified atom stereocenters. The Kier molecular flexibility index (Phi) is 4.22. The number of aliphatic carboxylic acids is 1. The zero-order chi connectivity index (χ0) is 14.9. The van der Waals surface area contributed by atoms with E-state index in [1.165, 1.54) is 4.90 Å². The van der Waals surface area contributed by atoms with Gasteiger partial charge in [0.1, 0.15) is 5.54 Å². The Labute approximate surface area is 119 Å². The Balaban J connectivity index is 2.20. The van der Waals surface area contributed by atoms with Gasteiger partial charge in [-0.1, -0.05) is 6.92 Å². The molecule has 2 saturated heterocycles. The summed E-state index contributed by atoms with van der Waals surface area (Å²) >= 11 is 0. The van der Waals surface area contributed by atoms with E-state index in [-0.39, 0.29) is 24.6 Å². The van der Waals surface area contributed by atoms with Crippen LogP contribution in [-0.2, 0) is 4.79 Å². The molecular formula is C14H24N2O4. The first kappa shape index (κ1) is 15.1. The molecule has 0 radical (unpaired) electrons. The molecule has 0 aliphatic carbocycles. The van der Waals surface area contributed by atoms with E-state index in [9.17, 15) is 19.8 Å². The lowest BCUT2D eigenvalue weighted by atomic mass is 9.88. The predicted octanol–water partition coefficient (Wildman–Crippen LogP) is 1.14. The maximum absolute atomic E-state index is 12.7. The summed E-state index contributed by atoms with van der Waals surface area (Å²) in [5, 5.41) is 18.9. The molecule has 0 saturated carbocycles. The van der Waals surface area contributed by atoms with Crippen molar-refractivity contribution in [1.29, 1.82) is 0 Å². The maximum atomic E-state index is 12.7. The van der Waals surface area contributed by atoms with Gasteiger partial charge in [0.25, 0.3) is 0 Å². The summed E-state index contributed by atoms with van der Waals surface area (Å²) in [6.07, 6.45) is 3.00. The molecule has 2 aliphatic heterocycles. The molecule has 114 valence electrons. The number of amides is 2. The summed E-state index contributed by atoms with van der Waals surface area (Å²) in [5.74, 6) is -0.692. The van der Waals surface area contributed by atoms with Crippen molar-refractivity contribution in [3.05, 3.63) is 0 Å². The smallest absolute Gasteiger partial charge is 0.329 e. The van der Waals surface area contributed by atoms with E-state index in [4.69, 9.17) is 0 Å². The summed E-state index contributed by atoms with van der Waals surface area (Å²) < 4.78 is 0. The van der Waals surface area contributed by atoms with Gasteiger partial charge in [0.15, 0.2) is 0 Å². The molecule has 2 fully saturated rings. The first-order valence-corrected chi connectivity index (χ1v) is 7.34. The maximum Gasteiger partial charge on any atom is 0.329 e. The SMILES string of the molecule is CC1CCN(C(=O)N2CCCCC2(C)C(=O)O)C1CO. The van der Waals surface area contributed by atoms with Gasteiger partial charge in [0.05, 0.1) is 12.6 Å². The monoisotopic (exact) mass is 284 g/mol. The van der Waals surface area contributed by atoms with Crippen molar-refractivity contribution in [2.24, 2.45) is 5.92 Å². The Bertz CT molecular complexity index is 401. The fourth-order valence-corrected chi connectivity index (χ4v) is 3.33. The van der Waals surface area contributed by atoms with Gasteiger partial charge in [-0.3, -0.25) is 0 Å². The van der Waals surface area contributed by atoms with Crippen LogP contribution in [0.5, 0.6) is 0 Å². The highest BCUT2D eigenvalue weighted by Crippen LogP contribution is 2.32. The number of hydrogen-bond donors (Lipinski definition) is 2. The Morgan fingerprint density at radius 2 is 2.00 bits per heavy atom. The fraction of sp³-hybridized carbons (Fsp3) is 0.857. The largest absolute Gasteiger partial charge is 0.480 e. The number of carboxylic acids is 1. The van der Waals surface area contributed by atoms with Crippen LogP contribution in [0.25, 0.3) is 0 Å². The third kappa shape index (κ3) is 2.37. The summed E-state index contributed by atoms with van der Waals surface area (Å²) in [4.78, 5) is 27.4. The number of carbonyl (C=O) groups is 2. The van der Waals surface area contributed by atoms with Crippen molar-refractivity contribution in [2.45, 2.75) is 51.1 Å². The van der Waals surface area contributed by atoms with Crippen LogP contribution in [0.4, 0.5) is 4.79 Å². The molecule has 3 atom stereocenters. The second kappa shape index (κ2) is 5.60. The molecule has 0 aromatic carbocycles. The fourth-order valence-electron chi connectivity index (χ4n) is 3.33. The standard InChI is InChI=1S/C14H24N2O4/c1-10-5-8-15(11(10)9-17)13(20)16-7-4-3-6-14(16,2)12(18)19/h10-11,17H,3-9H2,1-2H3,(H,18,19). The van der Waals surface area contributed by atoms with E-state index in [1.807, 2.05) is 6.92 Å². The summed E-state index contributed by atoms with van der Waals surface area (Å²) in [5.41, 5.74) is -1.12. The van der Waals surface area contributed by atoms with Crippen molar-refractivity contribution in [2.75, 3.05) is 19.7 Å². The average Bonchev–Trinajstić information content (AvgIpc) is 2.79. The second-order valence-electron chi connectivity index (χ2n) is 6.18. The van der Waals surface area contributed by atoms with Crippen LogP contribution in [0.2, 0.25) is 0 Å². The average molecular weight is 284 g/mol. The van der Waals surface area contributed by atoms with Crippen molar-refractivity contribution in [3.63, 3.8) is 0 Å². The zero-order valence-electron chi connectivity index (χ0n) is 12.2. The van der Waals surface area contributed by atoms with Crippen molar-refractivity contribution in [1.82, 2.24) is 9.80 Å². The van der Waals surface area contributed by atoms with Gasteiger partial charge in [-0.05, 0) is 38.5 Å². The van der Waals surface area contributed by atoms with E-state index >= 15 is 0 Å². The van der Waals surface area contributed by atoms with Crippen LogP contribution in [0.1, 0.15) is 39.5 Å². The van der Waals surface area contributed by atoms with Gasteiger partial charge in [0.2, 0.25) is 0 Å². The summed E-state index contributed by atoms with van der Waals surface area (Å²) in [6.45, 7) is 4.65. The van der Waals surface area contributed by atoms with E-state index in [0.29, 0.717) is 19.5 Å². The van der Waals surface area contributed by atoms with Crippen LogP contribution in [-0.4, -0.2) is 63.3 Å². The van der Waals surface area contributed by atoms with Crippen LogP contribution < -0.4 is 0 Å². The first-order chi connectivity index (χ1) is 9.41. The molecule has 2 N–H and O–H groups in total. The molecule has 0 aromatic heterocycles. The highest BCUT2D eigenvalue weighted by atomic mass is 16.4. The van der Waals surface area contributed by atoms with Gasteiger partial charge < -0.3 is 20.0 Å². The lowest BCUT2D eigenvalue weighted by molar-refractivity contribution is -0.150. The van der Waals surface area contributed by atoms with Crippen molar-refractivity contribution >= 4 is 12.0 Å². The number of rotatable bonds is 2. The van der Waals surface area contributed by atoms with E-state index in [0.717, 1.165) is 19.3 Å². The van der Waals surface area contributed by atoms with E-state index in [1.54, 1.807) is 11.8 Å². The van der Waals surface area contributed by atoms with Crippen molar-refractivity contribution < 1.29 is 19.8 Å². The first-order valence-electron chi connectivity index (χ1n) is 7.34. The molecule has 20 heavy (non-hydrogen) atoms. The normalized spacial score (nSPS) is 34.4. The lowest BCUT2D eigenvalue weighted by Crippen LogP contribution is -2.61. The van der Waals surface area contributed by atoms with E-state index < -0.39 is 11.5 Å². The number of likely N-dealkylation sites (tertiary alicyclic amines) is 2. The van der Waals surface area contributed by atoms with Gasteiger partial charge in [-0.25, -0.2) is 9.59 Å². The third-order valence-electron chi connectivity index (χ3n) is 4.90. The molecule has 6 heteroatoms. The third-order valence-corrected chi connectivity index (χ3v) is 4.90. The van der Waals surface area contributed by atoms with Crippen molar-refractivity contribution in [3.8, 4) is 0 Å². The molecule has 2 amide bonds. The molecular weight excluding hydrogens is 260 g/mol. The number of carboxylic acid groups (broad SMARTS) is 1. The van der Waals surface area contributed by atoms with Gasteiger partial charge in [-0.15, -0.1) is 0 Å². The number of aliphatic hydroxyl groups is 1. The van der Waals surface area contributed by atoms with Crippen LogP contribution in [0, 0.1) is 5.92 Å². The Morgan fingerprint density at radius 1 is 1.30 bits per heavy atom. The number of nitrogens with zero attached hydrogens (tertiary/aromatic N) is 2. The number of hydrogen-bond acceptors (Lipinski definition) is 3. The molecule has 2 heterocycles. The van der Waals surface area contributed by atoms with Gasteiger partial charge in [-0.2, -0.15) is 0 Å². The minimum atomic E-state index is -1.12. The molecule has 6 nitrogen and oxygen atoms in total. The second-order valence-corrected chi connectivity index (χ2v) is 6.18. The molecule has 2 rings (SSSR count). The lowest BCUT2D eigenvalue weighted by Gasteiger charge is -2.44. The molecule has 2 aliphatic rings. The molecule has 0 bridgehead atoms. The highest BCUT2D eigenvalue weighted by molar-refractivity contribution is 5.86. The molecule has 0 spiro atoms. The van der Waals surface area contributed by atoms with Crippen LogP contribution in [0.15, 0.2) is 0 Å². The number of piperidine rings is 1. The van der Waals surface area contributed by atoms with Gasteiger partial charge in [0, 0.05) is 13.1 Å². The summed E-state index contributed by atoms with van der Waals surface area (Å²) in [7, 11) is 0. The van der Waals surface area contributed by atoms with Crippen LogP contribution >= 0.6 is 0 Å². The van der Waals surface area contributed by atoms with E-state index in [2.05, 4.69) is 0 Å². The molecule has 0 aromatic rings. The zero-order valence-corrected chi connectivity index (χ0v) is 12.2. The minimum absolute atomic E-state index is 0.0649. The minimum Gasteiger partial charge on any atom is -0.480 e. The predicted molar refractivity (Wildman–Crippen MR) is 73.4 cm³/mol. The van der Waals surface area contributed by atoms with Gasteiger partial charge >= 0.3 is 12.0 Å². The van der Waals surface area contributed by atoms with Crippen LogP contribution in [0.3, 0.4) is 0 Å². The quantitative estimate of drug-likeness (QED) is 0.796. The number of carbonyl (C=O) groups excluding carboxylic acids is 1. The topological polar surface area (TPSA) is 81.1 Å². The Morgan fingerprint density at radius 3 is 2.60 bits per heavy atom.